The van der Waals surface area contributed by atoms with E-state index in [0.717, 1.165) is 17.7 Å². The molecule has 0 saturated heterocycles. The maximum atomic E-state index is 12.5. The Bertz CT molecular complexity index is 1000. The lowest BCUT2D eigenvalue weighted by atomic mass is 10.2. The lowest BCUT2D eigenvalue weighted by Crippen LogP contribution is -2.22. The Hall–Kier alpha value is -2.70. The van der Waals surface area contributed by atoms with E-state index in [1.165, 1.54) is 6.20 Å². The average molecular weight is 418 g/mol. The molecule has 0 unspecified atom stereocenters. The Balaban J connectivity index is 1.44. The minimum absolute atomic E-state index is 0.233. The van der Waals surface area contributed by atoms with Gasteiger partial charge in [-0.1, -0.05) is 23.2 Å². The van der Waals surface area contributed by atoms with Gasteiger partial charge in [-0.3, -0.25) is 4.79 Å². The van der Waals surface area contributed by atoms with Crippen LogP contribution in [0.15, 0.2) is 48.8 Å². The quantitative estimate of drug-likeness (QED) is 0.688. The Morgan fingerprint density at radius 3 is 2.75 bits per heavy atom. The molecule has 0 bridgehead atoms. The van der Waals surface area contributed by atoms with Crippen LogP contribution in [0.2, 0.25) is 10.0 Å². The van der Waals surface area contributed by atoms with Crippen LogP contribution in [-0.2, 0) is 6.54 Å². The lowest BCUT2D eigenvalue weighted by molar-refractivity contribution is 0.0951. The second kappa shape index (κ2) is 8.12. The molecule has 144 valence electrons. The molecule has 2 aromatic carbocycles. The van der Waals surface area contributed by atoms with Crippen molar-refractivity contribution in [1.29, 1.82) is 0 Å². The van der Waals surface area contributed by atoms with E-state index in [0.29, 0.717) is 46.9 Å². The minimum atomic E-state index is -0.233. The lowest BCUT2D eigenvalue weighted by Gasteiger charge is -2.12. The Labute approximate surface area is 172 Å². The maximum absolute atomic E-state index is 12.5. The topological polar surface area (TPSA) is 65.4 Å². The summed E-state index contributed by atoms with van der Waals surface area (Å²) in [5, 5.41) is 8.21. The van der Waals surface area contributed by atoms with E-state index in [1.807, 2.05) is 18.2 Å². The van der Waals surface area contributed by atoms with Crippen LogP contribution in [0.4, 0.5) is 0 Å². The number of aromatic nitrogens is 2. The van der Waals surface area contributed by atoms with Gasteiger partial charge in [-0.15, -0.1) is 0 Å². The summed E-state index contributed by atoms with van der Waals surface area (Å²) in [6.45, 7) is 1.45. The van der Waals surface area contributed by atoms with E-state index in [2.05, 4.69) is 10.4 Å². The van der Waals surface area contributed by atoms with Crippen LogP contribution in [0.3, 0.4) is 0 Å². The summed E-state index contributed by atoms with van der Waals surface area (Å²) in [7, 11) is 0. The molecule has 1 N–H and O–H groups in total. The second-order valence-corrected chi connectivity index (χ2v) is 7.13. The summed E-state index contributed by atoms with van der Waals surface area (Å²) in [5.41, 5.74) is 2.10. The summed E-state index contributed by atoms with van der Waals surface area (Å²) in [4.78, 5) is 12.5. The molecule has 0 fully saturated rings. The molecule has 3 aromatic rings. The number of fused-ring (bicyclic) bond motifs is 1. The molecular weight excluding hydrogens is 401 g/mol. The fourth-order valence-electron chi connectivity index (χ4n) is 2.85. The van der Waals surface area contributed by atoms with Crippen molar-refractivity contribution < 1.29 is 14.3 Å². The molecule has 0 atom stereocenters. The first kappa shape index (κ1) is 18.7. The van der Waals surface area contributed by atoms with E-state index < -0.39 is 0 Å². The standard InChI is InChI=1S/C20H17Cl2N3O3/c21-15-2-4-16(5-3-15)25-12-14(11-24-25)20(26)23-10-13-8-17(22)19-18(9-13)27-6-1-7-28-19/h2-5,8-9,11-12H,1,6-7,10H2,(H,23,26). The highest BCUT2D eigenvalue weighted by Gasteiger charge is 2.16. The third-order valence-electron chi connectivity index (χ3n) is 4.25. The average Bonchev–Trinajstić information content (AvgIpc) is 3.06. The molecule has 0 spiro atoms. The van der Waals surface area contributed by atoms with Crippen LogP contribution >= 0.6 is 23.2 Å². The number of ether oxygens (including phenoxy) is 2. The molecule has 6 nitrogen and oxygen atoms in total. The second-order valence-electron chi connectivity index (χ2n) is 6.29. The maximum Gasteiger partial charge on any atom is 0.254 e. The smallest absolute Gasteiger partial charge is 0.254 e. The zero-order valence-electron chi connectivity index (χ0n) is 14.8. The van der Waals surface area contributed by atoms with Gasteiger partial charge in [-0.05, 0) is 42.0 Å². The van der Waals surface area contributed by atoms with Crippen LogP contribution in [0, 0.1) is 0 Å². The SMILES string of the molecule is O=C(NCc1cc(Cl)c2c(c1)OCCCO2)c1cnn(-c2ccc(Cl)cc2)c1. The van der Waals surface area contributed by atoms with Gasteiger partial charge in [0, 0.05) is 24.2 Å². The van der Waals surface area contributed by atoms with Gasteiger partial charge in [0.25, 0.3) is 5.91 Å². The molecule has 1 amide bonds. The fourth-order valence-corrected chi connectivity index (χ4v) is 3.26. The molecule has 4 rings (SSSR count). The summed E-state index contributed by atoms with van der Waals surface area (Å²) >= 11 is 12.2. The fraction of sp³-hybridized carbons (Fsp3) is 0.200. The van der Waals surface area contributed by atoms with Gasteiger partial charge in [0.05, 0.1) is 35.7 Å². The Morgan fingerprint density at radius 2 is 1.93 bits per heavy atom. The van der Waals surface area contributed by atoms with Crippen molar-refractivity contribution in [1.82, 2.24) is 15.1 Å². The van der Waals surface area contributed by atoms with Crippen molar-refractivity contribution in [3.63, 3.8) is 0 Å². The number of carbonyl (C=O) groups is 1. The molecule has 8 heteroatoms. The summed E-state index contributed by atoms with van der Waals surface area (Å²) in [6.07, 6.45) is 3.99. The van der Waals surface area contributed by atoms with E-state index in [-0.39, 0.29) is 5.91 Å². The van der Waals surface area contributed by atoms with E-state index in [1.54, 1.807) is 29.1 Å². The van der Waals surface area contributed by atoms with E-state index in [4.69, 9.17) is 32.7 Å². The van der Waals surface area contributed by atoms with Crippen molar-refractivity contribution in [3.05, 3.63) is 70.0 Å². The Kier molecular flexibility index (Phi) is 5.41. The van der Waals surface area contributed by atoms with Crippen molar-refractivity contribution >= 4 is 29.1 Å². The predicted molar refractivity (Wildman–Crippen MR) is 107 cm³/mol. The molecule has 1 aliphatic rings. The molecule has 0 saturated carbocycles. The Morgan fingerprint density at radius 1 is 1.14 bits per heavy atom. The van der Waals surface area contributed by atoms with Gasteiger partial charge in [0.2, 0.25) is 0 Å². The number of nitrogens with one attached hydrogen (secondary N) is 1. The molecule has 0 radical (unpaired) electrons. The first-order valence-corrected chi connectivity index (χ1v) is 9.52. The van der Waals surface area contributed by atoms with Gasteiger partial charge < -0.3 is 14.8 Å². The normalized spacial score (nSPS) is 13.1. The molecule has 1 aromatic heterocycles. The zero-order valence-corrected chi connectivity index (χ0v) is 16.3. The first-order chi connectivity index (χ1) is 13.6. The van der Waals surface area contributed by atoms with Crippen LogP contribution < -0.4 is 14.8 Å². The van der Waals surface area contributed by atoms with Gasteiger partial charge in [0.15, 0.2) is 11.5 Å². The zero-order chi connectivity index (χ0) is 19.5. The van der Waals surface area contributed by atoms with Gasteiger partial charge >= 0.3 is 0 Å². The highest BCUT2D eigenvalue weighted by molar-refractivity contribution is 6.32. The number of rotatable bonds is 4. The third-order valence-corrected chi connectivity index (χ3v) is 4.78. The molecule has 2 heterocycles. The number of hydrogen-bond acceptors (Lipinski definition) is 4. The van der Waals surface area contributed by atoms with Crippen LogP contribution in [0.5, 0.6) is 11.5 Å². The molecule has 0 aliphatic carbocycles. The van der Waals surface area contributed by atoms with Gasteiger partial charge in [0.1, 0.15) is 0 Å². The summed E-state index contributed by atoms with van der Waals surface area (Å²) in [6, 6.07) is 10.8. The number of benzene rings is 2. The summed E-state index contributed by atoms with van der Waals surface area (Å²) < 4.78 is 12.9. The molecule has 1 aliphatic heterocycles. The van der Waals surface area contributed by atoms with Crippen LogP contribution in [0.1, 0.15) is 22.3 Å². The molecular formula is C20H17Cl2N3O3. The number of carbonyl (C=O) groups excluding carboxylic acids is 1. The van der Waals surface area contributed by atoms with Crippen LogP contribution in [0.25, 0.3) is 5.69 Å². The van der Waals surface area contributed by atoms with Crippen LogP contribution in [-0.4, -0.2) is 28.9 Å². The van der Waals surface area contributed by atoms with Crippen molar-refractivity contribution in [2.24, 2.45) is 0 Å². The van der Waals surface area contributed by atoms with E-state index in [9.17, 15) is 4.79 Å². The minimum Gasteiger partial charge on any atom is -0.489 e. The largest absolute Gasteiger partial charge is 0.489 e. The number of amides is 1. The predicted octanol–water partition coefficient (Wildman–Crippen LogP) is 4.27. The number of hydrogen-bond donors (Lipinski definition) is 1. The number of halogens is 2. The van der Waals surface area contributed by atoms with Gasteiger partial charge in [-0.25, -0.2) is 4.68 Å². The van der Waals surface area contributed by atoms with Crippen molar-refractivity contribution in [3.8, 4) is 17.2 Å². The molecule has 28 heavy (non-hydrogen) atoms. The third kappa shape index (κ3) is 4.08. The van der Waals surface area contributed by atoms with Crippen molar-refractivity contribution in [2.45, 2.75) is 13.0 Å². The highest BCUT2D eigenvalue weighted by Crippen LogP contribution is 2.37. The monoisotopic (exact) mass is 417 g/mol. The summed E-state index contributed by atoms with van der Waals surface area (Å²) in [5.74, 6) is 0.923. The van der Waals surface area contributed by atoms with Gasteiger partial charge in [-0.2, -0.15) is 5.10 Å². The number of nitrogens with zero attached hydrogens (tertiary/aromatic N) is 2. The highest BCUT2D eigenvalue weighted by atomic mass is 35.5. The van der Waals surface area contributed by atoms with Crippen molar-refractivity contribution in [2.75, 3.05) is 13.2 Å². The first-order valence-electron chi connectivity index (χ1n) is 8.77. The van der Waals surface area contributed by atoms with E-state index >= 15 is 0 Å².